The lowest BCUT2D eigenvalue weighted by atomic mass is 10.1. The molecule has 0 spiro atoms. The molecule has 0 amide bonds. The Morgan fingerprint density at radius 2 is 1.71 bits per heavy atom. The van der Waals surface area contributed by atoms with Crippen molar-refractivity contribution in [3.63, 3.8) is 0 Å². The summed E-state index contributed by atoms with van der Waals surface area (Å²) in [6.45, 7) is 3.18. The number of hydrogen-bond donors (Lipinski definition) is 1. The number of aryl methyl sites for hydroxylation is 2. The van der Waals surface area contributed by atoms with Crippen LogP contribution in [0.15, 0.2) is 30.3 Å². The van der Waals surface area contributed by atoms with Crippen molar-refractivity contribution in [3.05, 3.63) is 51.7 Å². The molecule has 0 atom stereocenters. The first kappa shape index (κ1) is 23.5. The van der Waals surface area contributed by atoms with Crippen LogP contribution in [0.4, 0.5) is 30.8 Å². The van der Waals surface area contributed by atoms with Crippen LogP contribution in [0.3, 0.4) is 0 Å². The van der Waals surface area contributed by atoms with Crippen LogP contribution >= 0.6 is 0 Å². The summed E-state index contributed by atoms with van der Waals surface area (Å²) in [7, 11) is 1.47. The van der Waals surface area contributed by atoms with Gasteiger partial charge in [-0.2, -0.15) is 18.2 Å². The number of ether oxygens (including phenoxy) is 2. The summed E-state index contributed by atoms with van der Waals surface area (Å²) in [5.74, 6) is -3.21. The molecular weight excluding hydrogens is 473 g/mol. The van der Waals surface area contributed by atoms with Gasteiger partial charge in [0.1, 0.15) is 11.3 Å². The molecule has 0 aliphatic carbocycles. The minimum Gasteiger partial charge on any atom is -0.494 e. The fourth-order valence-corrected chi connectivity index (χ4v) is 3.34. The van der Waals surface area contributed by atoms with E-state index in [9.17, 15) is 28.1 Å². The first-order valence-corrected chi connectivity index (χ1v) is 9.82. The molecule has 1 N–H and O–H groups in total. The quantitative estimate of drug-likeness (QED) is 0.245. The van der Waals surface area contributed by atoms with Gasteiger partial charge in [-0.05, 0) is 25.5 Å². The smallest absolute Gasteiger partial charge is 0.491 e. The molecule has 0 fully saturated rings. The number of alkyl halides is 3. The fourth-order valence-electron chi connectivity index (χ4n) is 3.34. The van der Waals surface area contributed by atoms with Crippen LogP contribution in [0, 0.1) is 24.0 Å². The number of anilines is 2. The Morgan fingerprint density at radius 3 is 2.37 bits per heavy atom. The van der Waals surface area contributed by atoms with E-state index in [0.717, 1.165) is 6.07 Å². The SMILES string of the molecule is COc1cccc2c(C)nc(Nc3nc(OC(=O)C(F)(F)F)c4cc([N+](=O)[O-])cc(C)c4n3)nc12. The summed E-state index contributed by atoms with van der Waals surface area (Å²) in [5.41, 5.74) is 0.840. The van der Waals surface area contributed by atoms with Gasteiger partial charge in [0.25, 0.3) is 5.69 Å². The van der Waals surface area contributed by atoms with Crippen molar-refractivity contribution < 1.29 is 32.4 Å². The number of nitro groups is 1. The third-order valence-corrected chi connectivity index (χ3v) is 4.90. The number of nitro benzene ring substituents is 1. The summed E-state index contributed by atoms with van der Waals surface area (Å²) in [6.07, 6.45) is -5.32. The largest absolute Gasteiger partial charge is 0.494 e. The molecule has 0 aliphatic rings. The van der Waals surface area contributed by atoms with Crippen LogP contribution in [0.2, 0.25) is 0 Å². The van der Waals surface area contributed by atoms with Crippen LogP contribution < -0.4 is 14.8 Å². The highest BCUT2D eigenvalue weighted by molar-refractivity contribution is 5.92. The molecule has 0 radical (unpaired) electrons. The minimum atomic E-state index is -5.32. The van der Waals surface area contributed by atoms with Crippen molar-refractivity contribution >= 4 is 45.4 Å². The molecule has 0 aliphatic heterocycles. The molecule has 2 aromatic carbocycles. The lowest BCUT2D eigenvalue weighted by Gasteiger charge is -2.13. The average Bonchev–Trinajstić information content (AvgIpc) is 2.78. The second-order valence-electron chi connectivity index (χ2n) is 7.27. The maximum Gasteiger partial charge on any atom is 0.491 e. The number of esters is 1. The molecule has 0 bridgehead atoms. The van der Waals surface area contributed by atoms with E-state index >= 15 is 0 Å². The van der Waals surface area contributed by atoms with E-state index in [1.165, 1.54) is 20.1 Å². The van der Waals surface area contributed by atoms with Crippen molar-refractivity contribution in [1.29, 1.82) is 0 Å². The van der Waals surface area contributed by atoms with E-state index in [0.29, 0.717) is 22.3 Å². The van der Waals surface area contributed by atoms with Gasteiger partial charge in [-0.25, -0.2) is 19.7 Å². The van der Waals surface area contributed by atoms with Gasteiger partial charge in [-0.15, -0.1) is 0 Å². The number of rotatable bonds is 5. The maximum atomic E-state index is 12.9. The second kappa shape index (κ2) is 8.62. The summed E-state index contributed by atoms with van der Waals surface area (Å²) in [5, 5.41) is 14.4. The lowest BCUT2D eigenvalue weighted by molar-refractivity contribution is -0.384. The van der Waals surface area contributed by atoms with Crippen LogP contribution in [-0.4, -0.2) is 44.1 Å². The Hall–Kier alpha value is -4.62. The molecule has 11 nitrogen and oxygen atoms in total. The zero-order valence-corrected chi connectivity index (χ0v) is 18.3. The normalized spacial score (nSPS) is 11.5. The molecule has 180 valence electrons. The Labute approximate surface area is 194 Å². The van der Waals surface area contributed by atoms with Crippen molar-refractivity contribution in [3.8, 4) is 11.6 Å². The number of nitrogens with zero attached hydrogens (tertiary/aromatic N) is 5. The number of nitrogens with one attached hydrogen (secondary N) is 1. The van der Waals surface area contributed by atoms with Gasteiger partial charge < -0.3 is 9.47 Å². The molecule has 0 saturated heterocycles. The first-order valence-electron chi connectivity index (χ1n) is 9.82. The number of benzene rings is 2. The highest BCUT2D eigenvalue weighted by Gasteiger charge is 2.42. The van der Waals surface area contributed by atoms with Gasteiger partial charge in [0.05, 0.1) is 28.6 Å². The molecule has 2 aromatic heterocycles. The Bertz CT molecular complexity index is 1510. The Balaban J connectivity index is 1.87. The second-order valence-corrected chi connectivity index (χ2v) is 7.27. The average molecular weight is 488 g/mol. The lowest BCUT2D eigenvalue weighted by Crippen LogP contribution is -2.28. The molecule has 4 aromatic rings. The van der Waals surface area contributed by atoms with E-state index in [4.69, 9.17) is 4.74 Å². The van der Waals surface area contributed by atoms with E-state index in [2.05, 4.69) is 30.0 Å². The number of para-hydroxylation sites is 1. The highest BCUT2D eigenvalue weighted by Crippen LogP contribution is 2.33. The first-order chi connectivity index (χ1) is 16.5. The predicted molar refractivity (Wildman–Crippen MR) is 117 cm³/mol. The number of hydrogen-bond acceptors (Lipinski definition) is 10. The molecular formula is C21H15F3N6O5. The van der Waals surface area contributed by atoms with Gasteiger partial charge in [-0.1, -0.05) is 12.1 Å². The van der Waals surface area contributed by atoms with Crippen LogP contribution in [0.25, 0.3) is 21.8 Å². The van der Waals surface area contributed by atoms with Crippen molar-refractivity contribution in [2.75, 3.05) is 12.4 Å². The molecule has 0 unspecified atom stereocenters. The summed E-state index contributed by atoms with van der Waals surface area (Å²) in [6, 6.07) is 7.34. The number of aromatic nitrogens is 4. The number of methoxy groups -OCH3 is 1. The Kier molecular flexibility index (Phi) is 5.80. The molecule has 14 heteroatoms. The predicted octanol–water partition coefficient (Wildman–Crippen LogP) is 4.32. The third-order valence-electron chi connectivity index (χ3n) is 4.90. The monoisotopic (exact) mass is 488 g/mol. The van der Waals surface area contributed by atoms with Gasteiger partial charge >= 0.3 is 12.1 Å². The zero-order valence-electron chi connectivity index (χ0n) is 18.3. The molecule has 0 saturated carbocycles. The third kappa shape index (κ3) is 4.58. The summed E-state index contributed by atoms with van der Waals surface area (Å²) >= 11 is 0. The number of fused-ring (bicyclic) bond motifs is 2. The van der Waals surface area contributed by atoms with Gasteiger partial charge in [0.2, 0.25) is 17.8 Å². The standard InChI is InChI=1S/C21H15F3N6O5/c1-9-7-11(30(32)33)8-13-15(9)26-20(28-17(13)35-18(31)21(22,23)24)29-19-25-10(2)12-5-4-6-14(34-3)16(12)27-19/h4-8H,1-3H3,(H,25,26,27,28,29). The Morgan fingerprint density at radius 1 is 1.03 bits per heavy atom. The number of carbonyl (C=O) groups is 1. The summed E-state index contributed by atoms with van der Waals surface area (Å²) < 4.78 is 48.3. The number of carbonyl (C=O) groups excluding carboxylic acids is 1. The van der Waals surface area contributed by atoms with Crippen molar-refractivity contribution in [2.45, 2.75) is 20.0 Å². The van der Waals surface area contributed by atoms with Gasteiger partial charge in [0.15, 0.2) is 0 Å². The van der Waals surface area contributed by atoms with Crippen LogP contribution in [-0.2, 0) is 4.79 Å². The molecule has 35 heavy (non-hydrogen) atoms. The van der Waals surface area contributed by atoms with Crippen molar-refractivity contribution in [1.82, 2.24) is 19.9 Å². The van der Waals surface area contributed by atoms with Crippen molar-refractivity contribution in [2.24, 2.45) is 0 Å². The molecule has 4 rings (SSSR count). The maximum absolute atomic E-state index is 12.9. The van der Waals surface area contributed by atoms with E-state index in [1.54, 1.807) is 25.1 Å². The highest BCUT2D eigenvalue weighted by atomic mass is 19.4. The van der Waals surface area contributed by atoms with E-state index in [1.807, 2.05) is 0 Å². The zero-order chi connectivity index (χ0) is 25.5. The van der Waals surface area contributed by atoms with Crippen LogP contribution in [0.1, 0.15) is 11.3 Å². The molecule has 2 heterocycles. The van der Waals surface area contributed by atoms with E-state index < -0.39 is 28.6 Å². The van der Waals surface area contributed by atoms with E-state index in [-0.39, 0.29) is 28.4 Å². The summed E-state index contributed by atoms with van der Waals surface area (Å²) in [4.78, 5) is 38.7. The van der Waals surface area contributed by atoms with Crippen LogP contribution in [0.5, 0.6) is 11.6 Å². The minimum absolute atomic E-state index is 0.00786. The number of halogens is 3. The fraction of sp³-hybridized carbons (Fsp3) is 0.190. The topological polar surface area (TPSA) is 142 Å². The van der Waals surface area contributed by atoms with Gasteiger partial charge in [-0.3, -0.25) is 15.4 Å². The number of non-ortho nitro benzene ring substituents is 1. The van der Waals surface area contributed by atoms with Gasteiger partial charge in [0, 0.05) is 17.5 Å².